The van der Waals surface area contributed by atoms with E-state index in [0.717, 1.165) is 47.7 Å². The minimum atomic E-state index is -0.269. The van der Waals surface area contributed by atoms with Crippen molar-refractivity contribution in [1.82, 2.24) is 24.1 Å². The number of rotatable bonds is 5. The van der Waals surface area contributed by atoms with Crippen LogP contribution in [-0.2, 0) is 11.8 Å². The lowest BCUT2D eigenvalue weighted by atomic mass is 9.44. The number of ether oxygens (including phenoxy) is 1. The number of carbonyl (C=O) groups excluding carboxylic acids is 1. The monoisotopic (exact) mass is 511 g/mol. The van der Waals surface area contributed by atoms with Crippen LogP contribution in [0.25, 0.3) is 16.6 Å². The quantitative estimate of drug-likeness (QED) is 0.407. The number of morpholine rings is 1. The van der Waals surface area contributed by atoms with Crippen LogP contribution in [0.5, 0.6) is 0 Å². The molecule has 0 radical (unpaired) electrons. The Kier molecular flexibility index (Phi) is 6.16. The fourth-order valence-electron chi connectivity index (χ4n) is 5.52. The second-order valence-corrected chi connectivity index (χ2v) is 10.2. The third kappa shape index (κ3) is 4.33. The predicted molar refractivity (Wildman–Crippen MR) is 147 cm³/mol. The zero-order chi connectivity index (χ0) is 26.4. The molecule has 4 aromatic rings. The number of amides is 1. The molecular formula is C26H30BN9O2. The summed E-state index contributed by atoms with van der Waals surface area (Å²) in [5.41, 5.74) is 3.81. The highest BCUT2D eigenvalue weighted by atomic mass is 16.5. The molecule has 1 amide bonds. The van der Waals surface area contributed by atoms with Gasteiger partial charge in [0.15, 0.2) is 17.3 Å². The summed E-state index contributed by atoms with van der Waals surface area (Å²) in [4.78, 5) is 27.5. The number of aromatic nitrogens is 5. The molecule has 1 unspecified atom stereocenters. The maximum absolute atomic E-state index is 13.6. The van der Waals surface area contributed by atoms with Crippen molar-refractivity contribution in [3.63, 3.8) is 0 Å². The van der Waals surface area contributed by atoms with E-state index < -0.39 is 0 Å². The lowest BCUT2D eigenvalue weighted by Crippen LogP contribution is -2.37. The molecular weight excluding hydrogens is 481 g/mol. The molecule has 0 aliphatic carbocycles. The molecule has 0 spiro atoms. The molecule has 2 saturated heterocycles. The summed E-state index contributed by atoms with van der Waals surface area (Å²) in [6.07, 6.45) is 6.66. The molecule has 3 aromatic heterocycles. The van der Waals surface area contributed by atoms with E-state index in [-0.39, 0.29) is 12.6 Å². The summed E-state index contributed by atoms with van der Waals surface area (Å²) in [6.45, 7) is 8.33. The molecule has 2 aliphatic heterocycles. The van der Waals surface area contributed by atoms with Crippen LogP contribution < -0.4 is 15.1 Å². The normalized spacial score (nSPS) is 17.8. The van der Waals surface area contributed by atoms with Crippen molar-refractivity contribution in [2.24, 2.45) is 7.05 Å². The first-order valence-electron chi connectivity index (χ1n) is 13.0. The van der Waals surface area contributed by atoms with Crippen LogP contribution in [0.3, 0.4) is 0 Å². The van der Waals surface area contributed by atoms with Crippen molar-refractivity contribution in [2.75, 3.05) is 54.5 Å². The number of aryl methyl sites for hydroxylation is 2. The molecule has 38 heavy (non-hydrogen) atoms. The van der Waals surface area contributed by atoms with Gasteiger partial charge in [0, 0.05) is 62.7 Å². The van der Waals surface area contributed by atoms with E-state index in [4.69, 9.17) is 9.72 Å². The SMILES string of the molecule is CB(C#N)C1CCN(c2ccc(C(=O)Nc3cn4cc(C)nc4c(N4CCOCC4)n3)c3nn(C)cc23)C1. The molecule has 1 N–H and O–H groups in total. The minimum absolute atomic E-state index is 0.0147. The molecule has 5 heterocycles. The van der Waals surface area contributed by atoms with Crippen molar-refractivity contribution in [3.8, 4) is 5.97 Å². The van der Waals surface area contributed by atoms with Crippen molar-refractivity contribution in [3.05, 3.63) is 42.0 Å². The maximum Gasteiger partial charge on any atom is 0.269 e. The molecule has 12 heteroatoms. The molecule has 194 valence electrons. The number of nitrogens with zero attached hydrogens (tertiary/aromatic N) is 8. The molecule has 0 bridgehead atoms. The van der Waals surface area contributed by atoms with Crippen LogP contribution in [0, 0.1) is 18.2 Å². The Morgan fingerprint density at radius 3 is 2.76 bits per heavy atom. The van der Waals surface area contributed by atoms with Crippen LogP contribution in [0.4, 0.5) is 17.3 Å². The standard InChI is InChI=1S/C26H30BN9O2/c1-17-12-36-15-22(30-25(24(36)29-17)34-8-10-38-11-9-34)31-26(37)19-4-5-21(20-14-33(3)32-23(19)20)35-7-6-18(13-35)27(2)16-28/h4-5,12,14-15,18H,6-11,13H2,1-3H3,(H,31,37). The second kappa shape index (κ2) is 9.65. The van der Waals surface area contributed by atoms with Gasteiger partial charge in [0.2, 0.25) is 0 Å². The third-order valence-corrected chi connectivity index (χ3v) is 7.58. The van der Waals surface area contributed by atoms with Crippen LogP contribution in [0.15, 0.2) is 30.7 Å². The number of benzene rings is 1. The van der Waals surface area contributed by atoms with Gasteiger partial charge in [-0.3, -0.25) is 9.48 Å². The van der Waals surface area contributed by atoms with Crippen molar-refractivity contribution in [1.29, 1.82) is 5.26 Å². The first kappa shape index (κ1) is 24.2. The summed E-state index contributed by atoms with van der Waals surface area (Å²) < 4.78 is 9.16. The van der Waals surface area contributed by atoms with Gasteiger partial charge in [-0.05, 0) is 31.3 Å². The fourth-order valence-corrected chi connectivity index (χ4v) is 5.52. The molecule has 1 aromatic carbocycles. The lowest BCUT2D eigenvalue weighted by Gasteiger charge is -2.28. The van der Waals surface area contributed by atoms with Crippen molar-refractivity contribution < 1.29 is 9.53 Å². The second-order valence-electron chi connectivity index (χ2n) is 10.2. The Hall–Kier alpha value is -4.11. The summed E-state index contributed by atoms with van der Waals surface area (Å²) in [5.74, 6) is 3.63. The van der Waals surface area contributed by atoms with Gasteiger partial charge >= 0.3 is 0 Å². The fraction of sp³-hybridized carbons (Fsp3) is 0.423. The topological polar surface area (TPSA) is 117 Å². The Morgan fingerprint density at radius 1 is 1.16 bits per heavy atom. The van der Waals surface area contributed by atoms with Crippen LogP contribution >= 0.6 is 0 Å². The highest BCUT2D eigenvalue weighted by Gasteiger charge is 2.31. The number of hydrogen-bond acceptors (Lipinski definition) is 8. The van der Waals surface area contributed by atoms with E-state index in [1.54, 1.807) is 10.9 Å². The van der Waals surface area contributed by atoms with Crippen molar-refractivity contribution in [2.45, 2.75) is 26.0 Å². The number of imidazole rings is 1. The van der Waals surface area contributed by atoms with E-state index in [9.17, 15) is 10.1 Å². The van der Waals surface area contributed by atoms with Gasteiger partial charge in [0.05, 0.1) is 30.7 Å². The summed E-state index contributed by atoms with van der Waals surface area (Å²) >= 11 is 0. The zero-order valence-electron chi connectivity index (χ0n) is 21.9. The number of anilines is 3. The average Bonchev–Trinajstić information content (AvgIpc) is 3.65. The van der Waals surface area contributed by atoms with Gasteiger partial charge in [-0.25, -0.2) is 15.2 Å². The van der Waals surface area contributed by atoms with Crippen LogP contribution in [-0.4, -0.2) is 76.2 Å². The van der Waals surface area contributed by atoms with Gasteiger partial charge in [-0.15, -0.1) is 0 Å². The largest absolute Gasteiger partial charge is 0.378 e. The highest BCUT2D eigenvalue weighted by Crippen LogP contribution is 2.35. The Labute approximate surface area is 221 Å². The van der Waals surface area contributed by atoms with Gasteiger partial charge < -0.3 is 24.3 Å². The highest BCUT2D eigenvalue weighted by molar-refractivity contribution is 6.67. The molecule has 6 rings (SSSR count). The first-order valence-corrected chi connectivity index (χ1v) is 13.0. The van der Waals surface area contributed by atoms with Gasteiger partial charge in [0.1, 0.15) is 5.52 Å². The number of hydrogen-bond donors (Lipinski definition) is 1. The van der Waals surface area contributed by atoms with Crippen molar-refractivity contribution >= 4 is 46.5 Å². The molecule has 2 aliphatic rings. The average molecular weight is 511 g/mol. The Balaban J connectivity index is 1.32. The van der Waals surface area contributed by atoms with Gasteiger partial charge in [-0.2, -0.15) is 5.10 Å². The van der Waals surface area contributed by atoms with E-state index in [0.29, 0.717) is 49.0 Å². The maximum atomic E-state index is 13.6. The van der Waals surface area contributed by atoms with Gasteiger partial charge in [-0.1, -0.05) is 6.82 Å². The predicted octanol–water partition coefficient (Wildman–Crippen LogP) is 2.78. The summed E-state index contributed by atoms with van der Waals surface area (Å²) in [6, 6.07) is 3.83. The zero-order valence-corrected chi connectivity index (χ0v) is 21.9. The van der Waals surface area contributed by atoms with Gasteiger partial charge in [0.25, 0.3) is 12.6 Å². The number of carbonyl (C=O) groups is 1. The van der Waals surface area contributed by atoms with Crippen LogP contribution in [0.2, 0.25) is 12.6 Å². The third-order valence-electron chi connectivity index (χ3n) is 7.58. The molecule has 0 saturated carbocycles. The number of nitrogens with one attached hydrogen (secondary N) is 1. The first-order chi connectivity index (χ1) is 18.4. The summed E-state index contributed by atoms with van der Waals surface area (Å²) in [5, 5.41) is 17.9. The van der Waals surface area contributed by atoms with E-state index in [1.165, 1.54) is 0 Å². The number of nitriles is 1. The number of fused-ring (bicyclic) bond motifs is 2. The lowest BCUT2D eigenvalue weighted by molar-refractivity contribution is 0.102. The molecule has 1 atom stereocenters. The Bertz CT molecular complexity index is 1570. The van der Waals surface area contributed by atoms with E-state index >= 15 is 0 Å². The summed E-state index contributed by atoms with van der Waals surface area (Å²) in [7, 11) is 1.86. The molecule has 2 fully saturated rings. The Morgan fingerprint density at radius 2 is 1.97 bits per heavy atom. The minimum Gasteiger partial charge on any atom is -0.378 e. The van der Waals surface area contributed by atoms with E-state index in [2.05, 4.69) is 31.2 Å². The smallest absolute Gasteiger partial charge is 0.269 e. The van der Waals surface area contributed by atoms with Crippen LogP contribution in [0.1, 0.15) is 22.5 Å². The molecule has 11 nitrogen and oxygen atoms in total. The van der Waals surface area contributed by atoms with E-state index in [1.807, 2.05) is 49.7 Å².